The van der Waals surface area contributed by atoms with Crippen LogP contribution in [0.2, 0.25) is 0 Å². The van der Waals surface area contributed by atoms with E-state index in [1.165, 1.54) is 6.42 Å². The van der Waals surface area contributed by atoms with Crippen LogP contribution in [0.1, 0.15) is 38.9 Å². The number of fused-ring (bicyclic) bond motifs is 2. The number of anilines is 1. The van der Waals surface area contributed by atoms with E-state index in [1.54, 1.807) is 0 Å². The van der Waals surface area contributed by atoms with Crippen LogP contribution in [0.5, 0.6) is 0 Å². The number of carbonyl (C=O) groups is 1. The Bertz CT molecular complexity index is 794. The van der Waals surface area contributed by atoms with Crippen LogP contribution in [0.15, 0.2) is 42.7 Å². The summed E-state index contributed by atoms with van der Waals surface area (Å²) in [6.45, 7) is 8.12. The molecule has 1 spiro atoms. The van der Waals surface area contributed by atoms with Gasteiger partial charge in [-0.15, -0.1) is 0 Å². The van der Waals surface area contributed by atoms with Crippen molar-refractivity contribution in [3.63, 3.8) is 0 Å². The molecule has 6 heteroatoms. The molecule has 2 aliphatic heterocycles. The van der Waals surface area contributed by atoms with Crippen molar-refractivity contribution in [2.45, 2.75) is 51.4 Å². The average Bonchev–Trinajstić information content (AvgIpc) is 3.18. The van der Waals surface area contributed by atoms with E-state index in [0.29, 0.717) is 12.5 Å². The zero-order chi connectivity index (χ0) is 19.6. The Morgan fingerprint density at radius 3 is 2.75 bits per heavy atom. The van der Waals surface area contributed by atoms with Crippen LogP contribution in [0, 0.1) is 5.92 Å². The molecule has 28 heavy (non-hydrogen) atoms. The number of piperidine rings is 1. The number of imidazole rings is 1. The summed E-state index contributed by atoms with van der Waals surface area (Å²) in [6, 6.07) is 9.56. The molecule has 0 bridgehead atoms. The van der Waals surface area contributed by atoms with Crippen molar-refractivity contribution in [3.8, 4) is 0 Å². The van der Waals surface area contributed by atoms with Crippen molar-refractivity contribution in [1.82, 2.24) is 14.5 Å². The number of hydrogen-bond donors (Lipinski definition) is 1. The van der Waals surface area contributed by atoms with Gasteiger partial charge in [0.1, 0.15) is 11.4 Å². The van der Waals surface area contributed by atoms with Gasteiger partial charge in [-0.05, 0) is 43.9 Å². The van der Waals surface area contributed by atoms with E-state index in [-0.39, 0.29) is 5.91 Å². The van der Waals surface area contributed by atoms with Crippen LogP contribution < -0.4 is 5.32 Å². The summed E-state index contributed by atoms with van der Waals surface area (Å²) in [6.07, 6.45) is 6.24. The molecule has 0 aliphatic carbocycles. The van der Waals surface area contributed by atoms with Gasteiger partial charge in [0.2, 0.25) is 0 Å². The summed E-state index contributed by atoms with van der Waals surface area (Å²) in [5, 5.41) is 2.99. The Morgan fingerprint density at radius 1 is 1.29 bits per heavy atom. The lowest BCUT2D eigenvalue weighted by Crippen LogP contribution is -2.53. The number of aromatic nitrogens is 2. The predicted molar refractivity (Wildman–Crippen MR) is 109 cm³/mol. The van der Waals surface area contributed by atoms with Gasteiger partial charge in [-0.25, -0.2) is 4.98 Å². The van der Waals surface area contributed by atoms with E-state index < -0.39 is 11.7 Å². The highest BCUT2D eigenvalue weighted by Crippen LogP contribution is 2.40. The van der Waals surface area contributed by atoms with Crippen molar-refractivity contribution in [2.75, 3.05) is 25.0 Å². The van der Waals surface area contributed by atoms with Crippen molar-refractivity contribution < 1.29 is 9.53 Å². The zero-order valence-corrected chi connectivity index (χ0v) is 16.8. The normalized spacial score (nSPS) is 21.6. The molecule has 1 atom stereocenters. The third kappa shape index (κ3) is 3.98. The number of benzene rings is 1. The number of hydrogen-bond acceptors (Lipinski definition) is 4. The highest BCUT2D eigenvalue weighted by molar-refractivity contribution is 5.94. The molecule has 6 nitrogen and oxygen atoms in total. The Labute approximate surface area is 166 Å². The number of amides is 1. The van der Waals surface area contributed by atoms with E-state index in [0.717, 1.165) is 44.0 Å². The molecule has 1 N–H and O–H groups in total. The first-order chi connectivity index (χ1) is 13.6. The third-order valence-electron chi connectivity index (χ3n) is 5.87. The summed E-state index contributed by atoms with van der Waals surface area (Å²) >= 11 is 0. The minimum atomic E-state index is -0.510. The van der Waals surface area contributed by atoms with Gasteiger partial charge in [-0.1, -0.05) is 32.0 Å². The van der Waals surface area contributed by atoms with Crippen LogP contribution in [-0.4, -0.2) is 46.1 Å². The Hall–Kier alpha value is -2.18. The lowest BCUT2D eigenvalue weighted by atomic mass is 9.88. The molecule has 2 aliphatic rings. The second-order valence-corrected chi connectivity index (χ2v) is 8.38. The fraction of sp³-hybridized carbons (Fsp3) is 0.545. The average molecular weight is 383 g/mol. The van der Waals surface area contributed by atoms with Gasteiger partial charge < -0.3 is 19.5 Å². The minimum absolute atomic E-state index is 0.0906. The third-order valence-corrected chi connectivity index (χ3v) is 5.87. The summed E-state index contributed by atoms with van der Waals surface area (Å²) in [7, 11) is 0. The van der Waals surface area contributed by atoms with Crippen LogP contribution in [0.3, 0.4) is 0 Å². The fourth-order valence-electron chi connectivity index (χ4n) is 4.20. The highest BCUT2D eigenvalue weighted by Gasteiger charge is 2.47. The van der Waals surface area contributed by atoms with E-state index in [2.05, 4.69) is 33.6 Å². The van der Waals surface area contributed by atoms with Gasteiger partial charge in [-0.3, -0.25) is 4.79 Å². The topological polar surface area (TPSA) is 59.4 Å². The second kappa shape index (κ2) is 8.05. The van der Waals surface area contributed by atoms with Crippen molar-refractivity contribution in [3.05, 3.63) is 48.5 Å². The monoisotopic (exact) mass is 382 g/mol. The van der Waals surface area contributed by atoms with Gasteiger partial charge in [0.15, 0.2) is 6.10 Å². The molecule has 1 fully saturated rings. The number of likely N-dealkylation sites (tertiary alicyclic amines) is 1. The largest absolute Gasteiger partial charge is 0.352 e. The first kappa shape index (κ1) is 19.2. The van der Waals surface area contributed by atoms with Crippen LogP contribution in [-0.2, 0) is 21.7 Å². The summed E-state index contributed by atoms with van der Waals surface area (Å²) in [4.78, 5) is 20.0. The van der Waals surface area contributed by atoms with Gasteiger partial charge >= 0.3 is 0 Å². The number of nitrogens with zero attached hydrogens (tertiary/aromatic N) is 3. The standard InChI is InChI=1S/C22H30N4O2/c1-17(2)8-12-25-13-9-22(10-14-25)21-23-11-15-26(21)16-19(28-22)20(27)24-18-6-4-3-5-7-18/h3-7,11,15,17,19H,8-10,12-14,16H2,1-2H3,(H,24,27)/t19-/m0/s1. The molecule has 0 saturated carbocycles. The molecule has 1 aromatic heterocycles. The molecular formula is C22H30N4O2. The first-order valence-corrected chi connectivity index (χ1v) is 10.3. The minimum Gasteiger partial charge on any atom is -0.352 e. The predicted octanol–water partition coefficient (Wildman–Crippen LogP) is 3.26. The number of ether oxygens (including phenoxy) is 1. The molecule has 0 unspecified atom stereocenters. The highest BCUT2D eigenvalue weighted by atomic mass is 16.5. The maximum Gasteiger partial charge on any atom is 0.255 e. The number of para-hydroxylation sites is 1. The van der Waals surface area contributed by atoms with E-state index >= 15 is 0 Å². The molecule has 0 radical (unpaired) electrons. The summed E-state index contributed by atoms with van der Waals surface area (Å²) in [5.41, 5.74) is 0.333. The van der Waals surface area contributed by atoms with Crippen LogP contribution >= 0.6 is 0 Å². The Kier molecular flexibility index (Phi) is 5.51. The molecule has 1 aromatic carbocycles. The molecule has 3 heterocycles. The second-order valence-electron chi connectivity index (χ2n) is 8.38. The molecule has 1 saturated heterocycles. The lowest BCUT2D eigenvalue weighted by molar-refractivity contribution is -0.169. The number of carbonyl (C=O) groups excluding carboxylic acids is 1. The quantitative estimate of drug-likeness (QED) is 0.862. The molecular weight excluding hydrogens is 352 g/mol. The van der Waals surface area contributed by atoms with E-state index in [4.69, 9.17) is 4.74 Å². The molecule has 150 valence electrons. The first-order valence-electron chi connectivity index (χ1n) is 10.3. The van der Waals surface area contributed by atoms with Crippen LogP contribution in [0.25, 0.3) is 0 Å². The van der Waals surface area contributed by atoms with E-state index in [9.17, 15) is 4.79 Å². The maximum absolute atomic E-state index is 12.9. The van der Waals surface area contributed by atoms with Gasteiger partial charge in [0, 0.05) is 31.2 Å². The van der Waals surface area contributed by atoms with E-state index in [1.807, 2.05) is 42.7 Å². The number of rotatable bonds is 5. The molecule has 2 aromatic rings. The fourth-order valence-corrected chi connectivity index (χ4v) is 4.20. The summed E-state index contributed by atoms with van der Waals surface area (Å²) in [5.74, 6) is 1.60. The SMILES string of the molecule is CC(C)CCN1CCC2(CC1)O[C@H](C(=O)Nc1ccccc1)Cn1ccnc12. The smallest absolute Gasteiger partial charge is 0.255 e. The zero-order valence-electron chi connectivity index (χ0n) is 16.8. The Balaban J connectivity index is 1.47. The van der Waals surface area contributed by atoms with Crippen molar-refractivity contribution in [2.24, 2.45) is 5.92 Å². The van der Waals surface area contributed by atoms with Gasteiger partial charge in [0.25, 0.3) is 5.91 Å². The van der Waals surface area contributed by atoms with Crippen molar-refractivity contribution >= 4 is 11.6 Å². The van der Waals surface area contributed by atoms with Crippen LogP contribution in [0.4, 0.5) is 5.69 Å². The molecule has 1 amide bonds. The lowest BCUT2D eigenvalue weighted by Gasteiger charge is -2.45. The van der Waals surface area contributed by atoms with Gasteiger partial charge in [-0.2, -0.15) is 0 Å². The maximum atomic E-state index is 12.9. The van der Waals surface area contributed by atoms with Crippen molar-refractivity contribution in [1.29, 1.82) is 0 Å². The molecule has 4 rings (SSSR count). The number of nitrogens with one attached hydrogen (secondary N) is 1. The van der Waals surface area contributed by atoms with Gasteiger partial charge in [0.05, 0.1) is 6.54 Å². The summed E-state index contributed by atoms with van der Waals surface area (Å²) < 4.78 is 8.59. The Morgan fingerprint density at radius 2 is 2.04 bits per heavy atom.